The van der Waals surface area contributed by atoms with Crippen molar-refractivity contribution in [2.75, 3.05) is 58.6 Å². The van der Waals surface area contributed by atoms with Crippen molar-refractivity contribution in [2.45, 2.75) is 32.6 Å². The van der Waals surface area contributed by atoms with Crippen LogP contribution in [-0.2, 0) is 19.6 Å². The van der Waals surface area contributed by atoms with Crippen molar-refractivity contribution in [2.24, 2.45) is 5.92 Å². The van der Waals surface area contributed by atoms with Gasteiger partial charge >= 0.3 is 0 Å². The molecule has 0 aromatic heterocycles. The van der Waals surface area contributed by atoms with Crippen LogP contribution in [0.2, 0.25) is 0 Å². The summed E-state index contributed by atoms with van der Waals surface area (Å²) in [6.07, 6.45) is 4.73. The molecule has 0 aromatic rings. The second-order valence-corrected chi connectivity index (χ2v) is 9.32. The van der Waals surface area contributed by atoms with Crippen LogP contribution in [0.4, 0.5) is 0 Å². The van der Waals surface area contributed by atoms with Gasteiger partial charge in [-0.2, -0.15) is 4.31 Å². The monoisotopic (exact) mass is 388 g/mol. The van der Waals surface area contributed by atoms with Crippen molar-refractivity contribution < 1.29 is 18.0 Å². The van der Waals surface area contributed by atoms with E-state index >= 15 is 0 Å². The Morgan fingerprint density at radius 1 is 1.12 bits per heavy atom. The number of rotatable bonds is 7. The predicted octanol–water partition coefficient (Wildman–Crippen LogP) is -0.281. The molecule has 26 heavy (non-hydrogen) atoms. The molecule has 2 aliphatic rings. The molecule has 9 heteroatoms. The smallest absolute Gasteiger partial charge is 0.236 e. The number of sulfonamides is 1. The van der Waals surface area contributed by atoms with E-state index in [9.17, 15) is 18.0 Å². The number of hydrogen-bond acceptors (Lipinski definition) is 5. The highest BCUT2D eigenvalue weighted by molar-refractivity contribution is 7.88. The standard InChI is InChI=1S/C17H32N4O4S/c1-3-5-16(22)18-12-15-6-4-7-19(13-15)14-17(23)20-8-10-21(11-9-20)26(2,24)25/h15H,3-14H2,1-2H3,(H,18,22). The van der Waals surface area contributed by atoms with E-state index in [1.165, 1.54) is 10.6 Å². The average molecular weight is 389 g/mol. The van der Waals surface area contributed by atoms with E-state index in [-0.39, 0.29) is 11.8 Å². The van der Waals surface area contributed by atoms with Crippen molar-refractivity contribution in [3.63, 3.8) is 0 Å². The molecule has 150 valence electrons. The number of carbonyl (C=O) groups excluding carboxylic acids is 2. The van der Waals surface area contributed by atoms with E-state index in [0.717, 1.165) is 32.4 Å². The Bertz CT molecular complexity index is 588. The first-order valence-corrected chi connectivity index (χ1v) is 11.4. The Morgan fingerprint density at radius 2 is 1.81 bits per heavy atom. The van der Waals surface area contributed by atoms with Gasteiger partial charge in [0.25, 0.3) is 0 Å². The van der Waals surface area contributed by atoms with Crippen LogP contribution in [0.15, 0.2) is 0 Å². The molecule has 0 aromatic carbocycles. The van der Waals surface area contributed by atoms with Crippen LogP contribution in [0.25, 0.3) is 0 Å². The lowest BCUT2D eigenvalue weighted by Crippen LogP contribution is -2.53. The summed E-state index contributed by atoms with van der Waals surface area (Å²) < 4.78 is 24.5. The van der Waals surface area contributed by atoms with E-state index in [1.807, 2.05) is 6.92 Å². The lowest BCUT2D eigenvalue weighted by atomic mass is 9.98. The van der Waals surface area contributed by atoms with Gasteiger partial charge in [0.1, 0.15) is 0 Å². The molecular formula is C17H32N4O4S. The van der Waals surface area contributed by atoms with Gasteiger partial charge in [-0.15, -0.1) is 0 Å². The largest absolute Gasteiger partial charge is 0.356 e. The normalized spacial score (nSPS) is 23.0. The van der Waals surface area contributed by atoms with Crippen molar-refractivity contribution >= 4 is 21.8 Å². The molecule has 2 amide bonds. The van der Waals surface area contributed by atoms with E-state index < -0.39 is 10.0 Å². The quantitative estimate of drug-likeness (QED) is 0.648. The number of piperazine rings is 1. The van der Waals surface area contributed by atoms with Crippen molar-refractivity contribution in [3.05, 3.63) is 0 Å². The molecule has 1 N–H and O–H groups in total. The predicted molar refractivity (Wildman–Crippen MR) is 100 cm³/mol. The first kappa shape index (κ1) is 21.1. The summed E-state index contributed by atoms with van der Waals surface area (Å²) in [5.41, 5.74) is 0. The number of nitrogens with one attached hydrogen (secondary N) is 1. The number of amides is 2. The minimum absolute atomic E-state index is 0.0637. The maximum absolute atomic E-state index is 12.5. The fraction of sp³-hybridized carbons (Fsp3) is 0.882. The maximum atomic E-state index is 12.5. The van der Waals surface area contributed by atoms with Gasteiger partial charge < -0.3 is 10.2 Å². The summed E-state index contributed by atoms with van der Waals surface area (Å²) in [6, 6.07) is 0. The Balaban J connectivity index is 1.74. The number of likely N-dealkylation sites (tertiary alicyclic amines) is 1. The first-order chi connectivity index (χ1) is 12.3. The van der Waals surface area contributed by atoms with Gasteiger partial charge in [0.2, 0.25) is 21.8 Å². The SMILES string of the molecule is CCCC(=O)NCC1CCCN(CC(=O)N2CCN(S(C)(=O)=O)CC2)C1. The summed E-state index contributed by atoms with van der Waals surface area (Å²) in [5.74, 6) is 0.553. The molecule has 0 spiro atoms. The summed E-state index contributed by atoms with van der Waals surface area (Å²) in [6.45, 7) is 6.41. The van der Waals surface area contributed by atoms with Crippen LogP contribution in [0, 0.1) is 5.92 Å². The van der Waals surface area contributed by atoms with Crippen LogP contribution in [0.3, 0.4) is 0 Å². The minimum atomic E-state index is -3.18. The topological polar surface area (TPSA) is 90.0 Å². The van der Waals surface area contributed by atoms with Crippen LogP contribution in [0.5, 0.6) is 0 Å². The number of nitrogens with zero attached hydrogens (tertiary/aromatic N) is 3. The fourth-order valence-corrected chi connectivity index (χ4v) is 4.42. The van der Waals surface area contributed by atoms with Crippen molar-refractivity contribution in [3.8, 4) is 0 Å². The lowest BCUT2D eigenvalue weighted by molar-refractivity contribution is -0.134. The molecule has 8 nitrogen and oxygen atoms in total. The second-order valence-electron chi connectivity index (χ2n) is 7.34. The van der Waals surface area contributed by atoms with Gasteiger partial charge in [-0.25, -0.2) is 8.42 Å². The summed E-state index contributed by atoms with van der Waals surface area (Å²) in [5, 5.41) is 2.99. The Labute approximate surface area is 156 Å². The summed E-state index contributed by atoms with van der Waals surface area (Å²) in [4.78, 5) is 28.1. The summed E-state index contributed by atoms with van der Waals surface area (Å²) >= 11 is 0. The third kappa shape index (κ3) is 6.51. The molecule has 2 aliphatic heterocycles. The first-order valence-electron chi connectivity index (χ1n) is 9.51. The number of hydrogen-bond donors (Lipinski definition) is 1. The number of piperidine rings is 1. The Hall–Kier alpha value is -1.19. The second kappa shape index (κ2) is 9.66. The molecule has 0 aliphatic carbocycles. The molecule has 1 unspecified atom stereocenters. The zero-order valence-corrected chi connectivity index (χ0v) is 16.8. The fourth-order valence-electron chi connectivity index (χ4n) is 3.60. The van der Waals surface area contributed by atoms with Gasteiger partial charge in [-0.05, 0) is 31.7 Å². The highest BCUT2D eigenvalue weighted by atomic mass is 32.2. The van der Waals surface area contributed by atoms with Gasteiger partial charge in [0.05, 0.1) is 12.8 Å². The van der Waals surface area contributed by atoms with Gasteiger partial charge in [-0.1, -0.05) is 6.92 Å². The lowest BCUT2D eigenvalue weighted by Gasteiger charge is -2.36. The zero-order chi connectivity index (χ0) is 19.2. The highest BCUT2D eigenvalue weighted by Crippen LogP contribution is 2.16. The van der Waals surface area contributed by atoms with Crippen molar-refractivity contribution in [1.82, 2.24) is 19.4 Å². The molecule has 0 saturated carbocycles. The Kier molecular flexibility index (Phi) is 7.85. The third-order valence-corrected chi connectivity index (χ3v) is 6.39. The molecule has 1 atom stereocenters. The van der Waals surface area contributed by atoms with Crippen LogP contribution >= 0.6 is 0 Å². The molecule has 0 bridgehead atoms. The molecular weight excluding hydrogens is 356 g/mol. The Morgan fingerprint density at radius 3 is 2.42 bits per heavy atom. The van der Waals surface area contributed by atoms with E-state index in [0.29, 0.717) is 51.6 Å². The van der Waals surface area contributed by atoms with Crippen LogP contribution < -0.4 is 5.32 Å². The van der Waals surface area contributed by atoms with Crippen LogP contribution in [-0.4, -0.2) is 93.0 Å². The number of carbonyl (C=O) groups is 2. The van der Waals surface area contributed by atoms with E-state index in [2.05, 4.69) is 10.2 Å². The third-order valence-electron chi connectivity index (χ3n) is 5.09. The van der Waals surface area contributed by atoms with Crippen LogP contribution in [0.1, 0.15) is 32.6 Å². The molecule has 2 rings (SSSR count). The minimum Gasteiger partial charge on any atom is -0.356 e. The van der Waals surface area contributed by atoms with Crippen molar-refractivity contribution in [1.29, 1.82) is 0 Å². The molecule has 2 fully saturated rings. The van der Waals surface area contributed by atoms with Gasteiger partial charge in [0.15, 0.2) is 0 Å². The van der Waals surface area contributed by atoms with Gasteiger partial charge in [0, 0.05) is 45.7 Å². The zero-order valence-electron chi connectivity index (χ0n) is 15.9. The molecule has 2 heterocycles. The summed E-state index contributed by atoms with van der Waals surface area (Å²) in [7, 11) is -3.18. The van der Waals surface area contributed by atoms with E-state index in [4.69, 9.17) is 0 Å². The maximum Gasteiger partial charge on any atom is 0.236 e. The highest BCUT2D eigenvalue weighted by Gasteiger charge is 2.28. The average Bonchev–Trinajstić information content (AvgIpc) is 2.60. The molecule has 2 saturated heterocycles. The molecule has 0 radical (unpaired) electrons. The van der Waals surface area contributed by atoms with Gasteiger partial charge in [-0.3, -0.25) is 14.5 Å². The van der Waals surface area contributed by atoms with E-state index in [1.54, 1.807) is 4.90 Å².